The van der Waals surface area contributed by atoms with Gasteiger partial charge in [-0.25, -0.2) is 0 Å². The highest BCUT2D eigenvalue weighted by Gasteiger charge is 2.25. The van der Waals surface area contributed by atoms with Gasteiger partial charge in [-0.2, -0.15) is 0 Å². The van der Waals surface area contributed by atoms with E-state index in [0.717, 1.165) is 6.54 Å². The molecule has 108 valence electrons. The molecule has 2 heteroatoms. The second-order valence-electron chi connectivity index (χ2n) is 6.20. The maximum atomic E-state index is 3.61. The second-order valence-corrected chi connectivity index (χ2v) is 6.20. The van der Waals surface area contributed by atoms with Gasteiger partial charge in [0.1, 0.15) is 0 Å². The number of benzene rings is 2. The van der Waals surface area contributed by atoms with Crippen LogP contribution in [0.1, 0.15) is 16.7 Å². The van der Waals surface area contributed by atoms with Crippen LogP contribution in [0.5, 0.6) is 0 Å². The van der Waals surface area contributed by atoms with Crippen LogP contribution in [-0.4, -0.2) is 30.6 Å². The molecule has 0 saturated heterocycles. The van der Waals surface area contributed by atoms with Gasteiger partial charge in [-0.15, -0.1) is 0 Å². The number of fused-ring (bicyclic) bond motifs is 2. The Morgan fingerprint density at radius 3 is 2.14 bits per heavy atom. The molecular formula is C19H22N2. The fourth-order valence-corrected chi connectivity index (χ4v) is 3.73. The van der Waals surface area contributed by atoms with Crippen LogP contribution in [0.15, 0.2) is 48.5 Å². The van der Waals surface area contributed by atoms with Crippen LogP contribution >= 0.6 is 0 Å². The molecule has 0 aromatic heterocycles. The van der Waals surface area contributed by atoms with Crippen molar-refractivity contribution in [2.75, 3.05) is 25.0 Å². The molecule has 2 nitrogen and oxygen atoms in total. The third-order valence-corrected chi connectivity index (χ3v) is 4.97. The number of hydrogen-bond acceptors (Lipinski definition) is 2. The molecule has 1 atom stereocenters. The van der Waals surface area contributed by atoms with E-state index in [4.69, 9.17) is 0 Å². The highest BCUT2D eigenvalue weighted by Crippen LogP contribution is 2.25. The quantitative estimate of drug-likeness (QED) is 0.862. The van der Waals surface area contributed by atoms with Gasteiger partial charge in [0.2, 0.25) is 0 Å². The van der Waals surface area contributed by atoms with E-state index in [1.165, 1.54) is 43.6 Å². The van der Waals surface area contributed by atoms with Gasteiger partial charge in [-0.1, -0.05) is 42.5 Å². The molecule has 0 bridgehead atoms. The topological polar surface area (TPSA) is 15.3 Å². The van der Waals surface area contributed by atoms with E-state index in [2.05, 4.69) is 58.7 Å². The lowest BCUT2D eigenvalue weighted by atomic mass is 9.98. The van der Waals surface area contributed by atoms with Gasteiger partial charge in [-0.3, -0.25) is 4.90 Å². The lowest BCUT2D eigenvalue weighted by Gasteiger charge is -2.35. The van der Waals surface area contributed by atoms with Gasteiger partial charge in [0.05, 0.1) is 0 Å². The van der Waals surface area contributed by atoms with Crippen LogP contribution in [0, 0.1) is 0 Å². The largest absolute Gasteiger partial charge is 0.383 e. The van der Waals surface area contributed by atoms with E-state index < -0.39 is 0 Å². The normalized spacial score (nSPS) is 21.8. The minimum atomic E-state index is 0.634. The Hall–Kier alpha value is -1.80. The fraction of sp³-hybridized carbons (Fsp3) is 0.368. The Morgan fingerprint density at radius 2 is 1.43 bits per heavy atom. The Morgan fingerprint density at radius 1 is 0.810 bits per heavy atom. The number of hydrogen-bond donors (Lipinski definition) is 1. The second kappa shape index (κ2) is 5.53. The van der Waals surface area contributed by atoms with E-state index in [0.29, 0.717) is 6.04 Å². The van der Waals surface area contributed by atoms with Crippen LogP contribution in [-0.2, 0) is 19.3 Å². The van der Waals surface area contributed by atoms with Gasteiger partial charge in [-0.05, 0) is 42.0 Å². The Balaban J connectivity index is 1.49. The number of rotatable bonds is 1. The monoisotopic (exact) mass is 278 g/mol. The number of para-hydroxylation sites is 1. The molecule has 0 spiro atoms. The van der Waals surface area contributed by atoms with Crippen molar-refractivity contribution >= 4 is 5.69 Å². The van der Waals surface area contributed by atoms with Crippen LogP contribution in [0.2, 0.25) is 0 Å². The average molecular weight is 278 g/mol. The molecule has 2 aromatic carbocycles. The summed E-state index contributed by atoms with van der Waals surface area (Å²) in [5.41, 5.74) is 5.88. The Kier molecular flexibility index (Phi) is 3.40. The summed E-state index contributed by atoms with van der Waals surface area (Å²) >= 11 is 0. The first-order valence-corrected chi connectivity index (χ1v) is 8.03. The number of nitrogens with one attached hydrogen (secondary N) is 1. The molecule has 2 aromatic rings. The van der Waals surface area contributed by atoms with Crippen LogP contribution in [0.3, 0.4) is 0 Å². The highest BCUT2D eigenvalue weighted by molar-refractivity contribution is 5.53. The number of anilines is 1. The van der Waals surface area contributed by atoms with Crippen LogP contribution < -0.4 is 5.32 Å². The maximum absolute atomic E-state index is 3.61. The van der Waals surface area contributed by atoms with Crippen molar-refractivity contribution in [1.29, 1.82) is 0 Å². The molecule has 2 aliphatic heterocycles. The van der Waals surface area contributed by atoms with Gasteiger partial charge in [0.15, 0.2) is 0 Å². The van der Waals surface area contributed by atoms with Crippen molar-refractivity contribution in [3.05, 3.63) is 65.2 Å². The third kappa shape index (κ3) is 2.56. The Labute approximate surface area is 126 Å². The molecule has 4 rings (SSSR count). The van der Waals surface area contributed by atoms with E-state index in [1.807, 2.05) is 0 Å². The molecule has 1 unspecified atom stereocenters. The van der Waals surface area contributed by atoms with Crippen LogP contribution in [0.4, 0.5) is 5.69 Å². The molecule has 2 aliphatic rings. The molecular weight excluding hydrogens is 256 g/mol. The lowest BCUT2D eigenvalue weighted by Crippen LogP contribution is -2.45. The van der Waals surface area contributed by atoms with Crippen molar-refractivity contribution in [3.8, 4) is 0 Å². The summed E-state index contributed by atoms with van der Waals surface area (Å²) in [6.45, 7) is 3.45. The molecule has 21 heavy (non-hydrogen) atoms. The van der Waals surface area contributed by atoms with Crippen molar-refractivity contribution in [2.24, 2.45) is 0 Å². The van der Waals surface area contributed by atoms with E-state index in [-0.39, 0.29) is 0 Å². The van der Waals surface area contributed by atoms with Gasteiger partial charge in [0.25, 0.3) is 0 Å². The smallest absolute Gasteiger partial charge is 0.0373 e. The minimum Gasteiger partial charge on any atom is -0.383 e. The van der Waals surface area contributed by atoms with E-state index in [9.17, 15) is 0 Å². The van der Waals surface area contributed by atoms with E-state index >= 15 is 0 Å². The first kappa shape index (κ1) is 12.9. The molecule has 0 aliphatic carbocycles. The zero-order chi connectivity index (χ0) is 14.1. The summed E-state index contributed by atoms with van der Waals surface area (Å²) in [6, 6.07) is 18.3. The zero-order valence-corrected chi connectivity index (χ0v) is 12.4. The summed E-state index contributed by atoms with van der Waals surface area (Å²) in [6.07, 6.45) is 3.56. The molecule has 0 fully saturated rings. The van der Waals surface area contributed by atoms with Gasteiger partial charge in [0, 0.05) is 31.4 Å². The molecule has 1 N–H and O–H groups in total. The minimum absolute atomic E-state index is 0.634. The lowest BCUT2D eigenvalue weighted by molar-refractivity contribution is 0.209. The standard InChI is InChI=1S/C19H22N2/c1-2-6-16-10-12-21(11-9-15(16)5-1)18-13-17-7-3-4-8-19(17)20-14-18/h1-8,18,20H,9-14H2. The predicted octanol–water partition coefficient (Wildman–Crippen LogP) is 3.12. The first-order chi connectivity index (χ1) is 10.4. The van der Waals surface area contributed by atoms with Crippen molar-refractivity contribution in [1.82, 2.24) is 4.90 Å². The third-order valence-electron chi connectivity index (χ3n) is 4.97. The fourth-order valence-electron chi connectivity index (χ4n) is 3.73. The zero-order valence-electron chi connectivity index (χ0n) is 12.4. The first-order valence-electron chi connectivity index (χ1n) is 8.03. The number of nitrogens with zero attached hydrogens (tertiary/aromatic N) is 1. The van der Waals surface area contributed by atoms with Gasteiger partial charge < -0.3 is 5.32 Å². The molecule has 0 saturated carbocycles. The van der Waals surface area contributed by atoms with Crippen molar-refractivity contribution in [3.63, 3.8) is 0 Å². The summed E-state index contributed by atoms with van der Waals surface area (Å²) in [5.74, 6) is 0. The van der Waals surface area contributed by atoms with Gasteiger partial charge >= 0.3 is 0 Å². The summed E-state index contributed by atoms with van der Waals surface area (Å²) in [7, 11) is 0. The summed E-state index contributed by atoms with van der Waals surface area (Å²) in [5, 5.41) is 3.61. The predicted molar refractivity (Wildman–Crippen MR) is 87.8 cm³/mol. The molecule has 0 radical (unpaired) electrons. The van der Waals surface area contributed by atoms with Crippen molar-refractivity contribution < 1.29 is 0 Å². The maximum Gasteiger partial charge on any atom is 0.0373 e. The van der Waals surface area contributed by atoms with Crippen molar-refractivity contribution in [2.45, 2.75) is 25.3 Å². The summed E-state index contributed by atoms with van der Waals surface area (Å²) in [4.78, 5) is 2.68. The highest BCUT2D eigenvalue weighted by atomic mass is 15.2. The summed E-state index contributed by atoms with van der Waals surface area (Å²) < 4.78 is 0. The van der Waals surface area contributed by atoms with Crippen LogP contribution in [0.25, 0.3) is 0 Å². The SMILES string of the molecule is c1ccc2c(c1)CCN(C1CNc3ccccc3C1)CC2. The Bertz CT molecular complexity index is 608. The molecule has 0 amide bonds. The van der Waals surface area contributed by atoms with E-state index in [1.54, 1.807) is 11.1 Å². The molecule has 2 heterocycles. The average Bonchev–Trinajstić information content (AvgIpc) is 2.77.